The molecule has 0 aliphatic carbocycles. The van der Waals surface area contributed by atoms with Crippen LogP contribution in [-0.4, -0.2) is 11.7 Å². The van der Waals surface area contributed by atoms with Crippen molar-refractivity contribution in [1.29, 1.82) is 0 Å². The van der Waals surface area contributed by atoms with Gasteiger partial charge in [0, 0.05) is 9.92 Å². The molecule has 0 aliphatic heterocycles. The van der Waals surface area contributed by atoms with E-state index in [9.17, 15) is 13.6 Å². The predicted molar refractivity (Wildman–Crippen MR) is 82.2 cm³/mol. The number of hydrogen-bond donors (Lipinski definition) is 1. The molecule has 110 valence electrons. The highest BCUT2D eigenvalue weighted by Crippen LogP contribution is 2.26. The van der Waals surface area contributed by atoms with Gasteiger partial charge in [0.1, 0.15) is 0 Å². The number of carbonyl (C=O) groups excluding carboxylic acids is 1. The van der Waals surface area contributed by atoms with Gasteiger partial charge < -0.3 is 5.32 Å². The van der Waals surface area contributed by atoms with Crippen LogP contribution in [0.2, 0.25) is 10.0 Å². The van der Waals surface area contributed by atoms with E-state index in [0.717, 1.165) is 23.9 Å². The minimum atomic E-state index is -0.943. The minimum Gasteiger partial charge on any atom is -0.324 e. The van der Waals surface area contributed by atoms with Crippen LogP contribution in [0.4, 0.5) is 14.5 Å². The van der Waals surface area contributed by atoms with Gasteiger partial charge in [0.25, 0.3) is 0 Å². The summed E-state index contributed by atoms with van der Waals surface area (Å²) in [4.78, 5) is 12.2. The Morgan fingerprint density at radius 3 is 2.52 bits per heavy atom. The summed E-state index contributed by atoms with van der Waals surface area (Å²) in [5.41, 5.74) is 0.442. The molecule has 0 spiro atoms. The van der Waals surface area contributed by atoms with Gasteiger partial charge in [0.05, 0.1) is 16.5 Å². The summed E-state index contributed by atoms with van der Waals surface area (Å²) in [6, 6.07) is 8.18. The van der Waals surface area contributed by atoms with Crippen LogP contribution >= 0.6 is 35.0 Å². The van der Waals surface area contributed by atoms with Gasteiger partial charge >= 0.3 is 0 Å². The quantitative estimate of drug-likeness (QED) is 0.788. The lowest BCUT2D eigenvalue weighted by molar-refractivity contribution is -0.113. The van der Waals surface area contributed by atoms with E-state index >= 15 is 0 Å². The number of anilines is 1. The van der Waals surface area contributed by atoms with Crippen LogP contribution in [0, 0.1) is 11.6 Å². The van der Waals surface area contributed by atoms with Crippen LogP contribution in [0.3, 0.4) is 0 Å². The molecule has 0 unspecified atom stereocenters. The number of nitrogens with one attached hydrogen (secondary N) is 1. The summed E-state index contributed by atoms with van der Waals surface area (Å²) in [6.07, 6.45) is 0. The second kappa shape index (κ2) is 7.11. The number of carbonyl (C=O) groups is 1. The van der Waals surface area contributed by atoms with E-state index in [-0.39, 0.29) is 11.7 Å². The van der Waals surface area contributed by atoms with Crippen molar-refractivity contribution in [2.45, 2.75) is 4.90 Å². The van der Waals surface area contributed by atoms with Gasteiger partial charge in [-0.15, -0.1) is 11.8 Å². The summed E-state index contributed by atoms with van der Waals surface area (Å²) < 4.78 is 25.8. The van der Waals surface area contributed by atoms with E-state index in [0.29, 0.717) is 20.6 Å². The number of amides is 1. The van der Waals surface area contributed by atoms with E-state index in [1.165, 1.54) is 12.1 Å². The number of thioether (sulfide) groups is 1. The third kappa shape index (κ3) is 4.59. The van der Waals surface area contributed by atoms with E-state index in [4.69, 9.17) is 23.2 Å². The fourth-order valence-electron chi connectivity index (χ4n) is 1.49. The normalized spacial score (nSPS) is 10.5. The van der Waals surface area contributed by atoms with E-state index in [1.807, 2.05) is 0 Å². The standard InChI is InChI=1S/C14H9Cl2F2NOS/c15-8-1-4-13(10(16)5-8)19-14(20)7-21-9-2-3-11(17)12(18)6-9/h1-6H,7H2,(H,19,20). The van der Waals surface area contributed by atoms with E-state index in [2.05, 4.69) is 5.32 Å². The van der Waals surface area contributed by atoms with Gasteiger partial charge in [-0.3, -0.25) is 4.79 Å². The molecule has 0 saturated heterocycles. The Balaban J connectivity index is 1.94. The van der Waals surface area contributed by atoms with Crippen LogP contribution < -0.4 is 5.32 Å². The highest BCUT2D eigenvalue weighted by Gasteiger charge is 2.08. The summed E-state index contributed by atoms with van der Waals surface area (Å²) >= 11 is 12.8. The van der Waals surface area contributed by atoms with Crippen LogP contribution in [0.5, 0.6) is 0 Å². The molecule has 0 fully saturated rings. The van der Waals surface area contributed by atoms with Crippen molar-refractivity contribution in [3.8, 4) is 0 Å². The van der Waals surface area contributed by atoms with Crippen LogP contribution in [0.15, 0.2) is 41.3 Å². The largest absolute Gasteiger partial charge is 0.324 e. The van der Waals surface area contributed by atoms with Crippen molar-refractivity contribution in [2.75, 3.05) is 11.1 Å². The van der Waals surface area contributed by atoms with Gasteiger partial charge in [-0.2, -0.15) is 0 Å². The van der Waals surface area contributed by atoms with Gasteiger partial charge in [0.15, 0.2) is 11.6 Å². The topological polar surface area (TPSA) is 29.1 Å². The molecule has 1 N–H and O–H groups in total. The van der Waals surface area contributed by atoms with Crippen molar-refractivity contribution in [3.63, 3.8) is 0 Å². The van der Waals surface area contributed by atoms with Crippen LogP contribution in [-0.2, 0) is 4.79 Å². The first-order valence-electron chi connectivity index (χ1n) is 5.78. The lowest BCUT2D eigenvalue weighted by atomic mass is 10.3. The molecule has 7 heteroatoms. The average Bonchev–Trinajstić information content (AvgIpc) is 2.43. The Morgan fingerprint density at radius 1 is 1.10 bits per heavy atom. The lowest BCUT2D eigenvalue weighted by Gasteiger charge is -2.07. The van der Waals surface area contributed by atoms with E-state index < -0.39 is 11.6 Å². The Kier molecular flexibility index (Phi) is 5.45. The third-order valence-electron chi connectivity index (χ3n) is 2.47. The second-order valence-corrected chi connectivity index (χ2v) is 5.93. The smallest absolute Gasteiger partial charge is 0.234 e. The molecule has 0 radical (unpaired) electrons. The zero-order valence-electron chi connectivity index (χ0n) is 10.5. The predicted octanol–water partition coefficient (Wildman–Crippen LogP) is 5.00. The lowest BCUT2D eigenvalue weighted by Crippen LogP contribution is -2.14. The first-order valence-corrected chi connectivity index (χ1v) is 7.52. The fourth-order valence-corrected chi connectivity index (χ4v) is 2.67. The highest BCUT2D eigenvalue weighted by atomic mass is 35.5. The molecular weight excluding hydrogens is 339 g/mol. The van der Waals surface area contributed by atoms with E-state index in [1.54, 1.807) is 12.1 Å². The third-order valence-corrected chi connectivity index (χ3v) is 4.01. The summed E-state index contributed by atoms with van der Waals surface area (Å²) in [6.45, 7) is 0. The Labute approximate surface area is 134 Å². The van der Waals surface area contributed by atoms with Crippen molar-refractivity contribution in [1.82, 2.24) is 0 Å². The van der Waals surface area contributed by atoms with Gasteiger partial charge in [0.2, 0.25) is 5.91 Å². The molecule has 0 heterocycles. The van der Waals surface area contributed by atoms with Gasteiger partial charge in [-0.25, -0.2) is 8.78 Å². The van der Waals surface area contributed by atoms with Crippen molar-refractivity contribution in [2.24, 2.45) is 0 Å². The SMILES string of the molecule is O=C(CSc1ccc(F)c(F)c1)Nc1ccc(Cl)cc1Cl. The zero-order valence-corrected chi connectivity index (χ0v) is 12.8. The molecule has 0 atom stereocenters. The number of benzene rings is 2. The molecule has 0 aliphatic rings. The monoisotopic (exact) mass is 347 g/mol. The van der Waals surface area contributed by atoms with Crippen molar-refractivity contribution >= 4 is 46.6 Å². The molecule has 21 heavy (non-hydrogen) atoms. The molecule has 0 saturated carbocycles. The molecule has 0 aromatic heterocycles. The summed E-state index contributed by atoms with van der Waals surface area (Å²) in [5, 5.41) is 3.41. The molecule has 2 aromatic rings. The number of hydrogen-bond acceptors (Lipinski definition) is 2. The average molecular weight is 348 g/mol. The maximum Gasteiger partial charge on any atom is 0.234 e. The molecule has 2 aromatic carbocycles. The molecule has 0 bridgehead atoms. The minimum absolute atomic E-state index is 0.0457. The number of rotatable bonds is 4. The van der Waals surface area contributed by atoms with Gasteiger partial charge in [-0.05, 0) is 36.4 Å². The first kappa shape index (κ1) is 16.1. The fraction of sp³-hybridized carbons (Fsp3) is 0.0714. The Bertz CT molecular complexity index is 682. The molecule has 2 nitrogen and oxygen atoms in total. The maximum absolute atomic E-state index is 13.0. The maximum atomic E-state index is 13.0. The summed E-state index contributed by atoms with van der Waals surface area (Å²) in [5.74, 6) is -2.13. The van der Waals surface area contributed by atoms with Crippen molar-refractivity contribution < 1.29 is 13.6 Å². The second-order valence-electron chi connectivity index (χ2n) is 4.04. The first-order chi connectivity index (χ1) is 9.95. The zero-order chi connectivity index (χ0) is 15.4. The summed E-state index contributed by atoms with van der Waals surface area (Å²) in [7, 11) is 0. The van der Waals surface area contributed by atoms with Crippen LogP contribution in [0.1, 0.15) is 0 Å². The molecule has 2 rings (SSSR count). The van der Waals surface area contributed by atoms with Crippen molar-refractivity contribution in [3.05, 3.63) is 58.1 Å². The molecule has 1 amide bonds. The Hall–Kier alpha value is -1.30. The number of halogens is 4. The highest BCUT2D eigenvalue weighted by molar-refractivity contribution is 8.00. The van der Waals surface area contributed by atoms with Gasteiger partial charge in [-0.1, -0.05) is 23.2 Å². The van der Waals surface area contributed by atoms with Crippen LogP contribution in [0.25, 0.3) is 0 Å². The Morgan fingerprint density at radius 2 is 1.86 bits per heavy atom. The molecular formula is C14H9Cl2F2NOS.